The number of methoxy groups -OCH3 is 1. The summed E-state index contributed by atoms with van der Waals surface area (Å²) in [5, 5.41) is 1.05. The predicted molar refractivity (Wildman–Crippen MR) is 81.4 cm³/mol. The van der Waals surface area contributed by atoms with Crippen molar-refractivity contribution >= 4 is 11.0 Å². The van der Waals surface area contributed by atoms with Crippen LogP contribution in [-0.2, 0) is 13.2 Å². The Morgan fingerprint density at radius 3 is 2.43 bits per heavy atom. The van der Waals surface area contributed by atoms with Crippen molar-refractivity contribution in [3.05, 3.63) is 59.9 Å². The molecule has 0 aliphatic carbocycles. The van der Waals surface area contributed by atoms with Gasteiger partial charge in [-0.05, 0) is 30.3 Å². The van der Waals surface area contributed by atoms with Crippen molar-refractivity contribution in [3.63, 3.8) is 0 Å². The van der Waals surface area contributed by atoms with Crippen LogP contribution in [0.3, 0.4) is 0 Å². The summed E-state index contributed by atoms with van der Waals surface area (Å²) in [4.78, 5) is 0. The van der Waals surface area contributed by atoms with E-state index < -0.39 is 0 Å². The number of furan rings is 1. The van der Waals surface area contributed by atoms with Crippen LogP contribution in [0.1, 0.15) is 11.3 Å². The SMILES string of the molecule is COc1ccc(OCc2c(CN)oc3ccccc23)cc1. The van der Waals surface area contributed by atoms with Gasteiger partial charge in [0.15, 0.2) is 0 Å². The fraction of sp³-hybridized carbons (Fsp3) is 0.176. The van der Waals surface area contributed by atoms with Gasteiger partial charge >= 0.3 is 0 Å². The van der Waals surface area contributed by atoms with E-state index in [9.17, 15) is 0 Å². The van der Waals surface area contributed by atoms with Gasteiger partial charge in [0.1, 0.15) is 29.4 Å². The van der Waals surface area contributed by atoms with Gasteiger partial charge in [-0.3, -0.25) is 0 Å². The summed E-state index contributed by atoms with van der Waals surface area (Å²) in [7, 11) is 1.64. The van der Waals surface area contributed by atoms with Gasteiger partial charge in [-0.2, -0.15) is 0 Å². The van der Waals surface area contributed by atoms with Crippen LogP contribution in [0.5, 0.6) is 11.5 Å². The second kappa shape index (κ2) is 5.89. The zero-order valence-corrected chi connectivity index (χ0v) is 11.8. The molecular weight excluding hydrogens is 266 g/mol. The first-order valence-corrected chi connectivity index (χ1v) is 6.78. The van der Waals surface area contributed by atoms with Gasteiger partial charge in [0.2, 0.25) is 0 Å². The topological polar surface area (TPSA) is 57.6 Å². The van der Waals surface area contributed by atoms with Crippen molar-refractivity contribution in [2.75, 3.05) is 7.11 Å². The van der Waals surface area contributed by atoms with Crippen molar-refractivity contribution in [1.29, 1.82) is 0 Å². The minimum absolute atomic E-state index is 0.357. The normalized spacial score (nSPS) is 10.8. The number of para-hydroxylation sites is 1. The maximum absolute atomic E-state index is 5.83. The monoisotopic (exact) mass is 283 g/mol. The zero-order chi connectivity index (χ0) is 14.7. The number of nitrogens with two attached hydrogens (primary N) is 1. The van der Waals surface area contributed by atoms with E-state index in [0.717, 1.165) is 33.8 Å². The van der Waals surface area contributed by atoms with Gasteiger partial charge < -0.3 is 19.6 Å². The molecule has 4 nitrogen and oxygen atoms in total. The fourth-order valence-electron chi connectivity index (χ4n) is 2.30. The van der Waals surface area contributed by atoms with E-state index in [-0.39, 0.29) is 0 Å². The third-order valence-electron chi connectivity index (χ3n) is 3.41. The van der Waals surface area contributed by atoms with E-state index in [1.807, 2.05) is 48.5 Å². The molecule has 1 aromatic heterocycles. The number of fused-ring (bicyclic) bond motifs is 1. The Hall–Kier alpha value is -2.46. The summed E-state index contributed by atoms with van der Waals surface area (Å²) in [5.41, 5.74) is 7.60. The third kappa shape index (κ3) is 2.71. The van der Waals surface area contributed by atoms with Crippen LogP contribution >= 0.6 is 0 Å². The number of hydrogen-bond donors (Lipinski definition) is 1. The number of hydrogen-bond acceptors (Lipinski definition) is 4. The van der Waals surface area contributed by atoms with Crippen LogP contribution < -0.4 is 15.2 Å². The predicted octanol–water partition coefficient (Wildman–Crippen LogP) is 3.48. The molecule has 3 rings (SSSR count). The van der Waals surface area contributed by atoms with Crippen LogP contribution in [0.15, 0.2) is 52.9 Å². The molecule has 0 bridgehead atoms. The van der Waals surface area contributed by atoms with Crippen molar-refractivity contribution in [1.82, 2.24) is 0 Å². The summed E-state index contributed by atoms with van der Waals surface area (Å²) in [6.45, 7) is 0.784. The molecule has 3 aromatic rings. The highest BCUT2D eigenvalue weighted by Gasteiger charge is 2.13. The molecule has 21 heavy (non-hydrogen) atoms. The minimum Gasteiger partial charge on any atom is -0.497 e. The smallest absolute Gasteiger partial charge is 0.134 e. The van der Waals surface area contributed by atoms with Crippen LogP contribution in [0.4, 0.5) is 0 Å². The second-order valence-corrected chi connectivity index (χ2v) is 4.67. The maximum atomic E-state index is 5.83. The lowest BCUT2D eigenvalue weighted by molar-refractivity contribution is 0.302. The van der Waals surface area contributed by atoms with Gasteiger partial charge in [-0.15, -0.1) is 0 Å². The summed E-state index contributed by atoms with van der Waals surface area (Å²) < 4.78 is 16.7. The highest BCUT2D eigenvalue weighted by Crippen LogP contribution is 2.27. The lowest BCUT2D eigenvalue weighted by Crippen LogP contribution is -2.02. The van der Waals surface area contributed by atoms with Crippen LogP contribution in [0.2, 0.25) is 0 Å². The largest absolute Gasteiger partial charge is 0.497 e. The molecule has 1 heterocycles. The molecule has 0 fully saturated rings. The van der Waals surface area contributed by atoms with Gasteiger partial charge in [-0.1, -0.05) is 18.2 Å². The Morgan fingerprint density at radius 1 is 1.00 bits per heavy atom. The second-order valence-electron chi connectivity index (χ2n) is 4.67. The molecule has 0 atom stereocenters. The summed E-state index contributed by atoms with van der Waals surface area (Å²) in [5.74, 6) is 2.35. The first-order valence-electron chi connectivity index (χ1n) is 6.78. The molecular formula is C17H17NO3. The Kier molecular flexibility index (Phi) is 3.79. The molecule has 0 saturated heterocycles. The number of benzene rings is 2. The Morgan fingerprint density at radius 2 is 1.71 bits per heavy atom. The lowest BCUT2D eigenvalue weighted by atomic mass is 10.1. The maximum Gasteiger partial charge on any atom is 0.134 e. The number of rotatable bonds is 5. The van der Waals surface area contributed by atoms with Crippen LogP contribution in [0.25, 0.3) is 11.0 Å². The molecule has 4 heteroatoms. The quantitative estimate of drug-likeness (QED) is 0.779. The Bertz CT molecular complexity index is 731. The molecule has 0 amide bonds. The van der Waals surface area contributed by atoms with Crippen LogP contribution in [-0.4, -0.2) is 7.11 Å². The van der Waals surface area contributed by atoms with E-state index >= 15 is 0 Å². The van der Waals surface area contributed by atoms with Crippen molar-refractivity contribution < 1.29 is 13.9 Å². The van der Waals surface area contributed by atoms with Crippen molar-refractivity contribution in [2.24, 2.45) is 5.73 Å². The molecule has 0 radical (unpaired) electrons. The van der Waals surface area contributed by atoms with E-state index in [0.29, 0.717) is 13.2 Å². The van der Waals surface area contributed by atoms with Crippen molar-refractivity contribution in [2.45, 2.75) is 13.2 Å². The number of ether oxygens (including phenoxy) is 2. The van der Waals surface area contributed by atoms with Gasteiger partial charge in [0, 0.05) is 10.9 Å². The van der Waals surface area contributed by atoms with Gasteiger partial charge in [0.05, 0.1) is 13.7 Å². The van der Waals surface area contributed by atoms with Crippen LogP contribution in [0, 0.1) is 0 Å². The van der Waals surface area contributed by atoms with Gasteiger partial charge in [-0.25, -0.2) is 0 Å². The van der Waals surface area contributed by atoms with Gasteiger partial charge in [0.25, 0.3) is 0 Å². The average molecular weight is 283 g/mol. The van der Waals surface area contributed by atoms with E-state index in [1.165, 1.54) is 0 Å². The molecule has 108 valence electrons. The summed E-state index contributed by atoms with van der Waals surface area (Å²) in [6, 6.07) is 15.4. The standard InChI is InChI=1S/C17H17NO3/c1-19-12-6-8-13(9-7-12)20-11-15-14-4-2-3-5-16(14)21-17(15)10-18/h2-9H,10-11,18H2,1H3. The Balaban J connectivity index is 1.83. The highest BCUT2D eigenvalue weighted by atomic mass is 16.5. The Labute approximate surface area is 123 Å². The molecule has 0 saturated carbocycles. The zero-order valence-electron chi connectivity index (χ0n) is 11.8. The minimum atomic E-state index is 0.357. The average Bonchev–Trinajstić information content (AvgIpc) is 2.91. The summed E-state index contributed by atoms with van der Waals surface area (Å²) >= 11 is 0. The van der Waals surface area contributed by atoms with E-state index in [1.54, 1.807) is 7.11 Å². The lowest BCUT2D eigenvalue weighted by Gasteiger charge is -2.07. The molecule has 0 unspecified atom stereocenters. The first kappa shape index (κ1) is 13.5. The van der Waals surface area contributed by atoms with E-state index in [4.69, 9.17) is 19.6 Å². The molecule has 2 N–H and O–H groups in total. The molecule has 0 aliphatic heterocycles. The molecule has 0 spiro atoms. The van der Waals surface area contributed by atoms with E-state index in [2.05, 4.69) is 0 Å². The van der Waals surface area contributed by atoms with Crippen molar-refractivity contribution in [3.8, 4) is 11.5 Å². The summed E-state index contributed by atoms with van der Waals surface area (Å²) in [6.07, 6.45) is 0. The first-order chi connectivity index (χ1) is 10.3. The molecule has 2 aromatic carbocycles. The molecule has 0 aliphatic rings. The fourth-order valence-corrected chi connectivity index (χ4v) is 2.30. The third-order valence-corrected chi connectivity index (χ3v) is 3.41. The highest BCUT2D eigenvalue weighted by molar-refractivity contribution is 5.82.